The van der Waals surface area contributed by atoms with Gasteiger partial charge in [0.2, 0.25) is 0 Å². The fourth-order valence-corrected chi connectivity index (χ4v) is 3.26. The van der Waals surface area contributed by atoms with E-state index in [0.717, 1.165) is 23.9 Å². The normalized spacial score (nSPS) is 17.0. The van der Waals surface area contributed by atoms with Gasteiger partial charge in [-0.25, -0.2) is 0 Å². The molecule has 4 heteroatoms. The van der Waals surface area contributed by atoms with E-state index in [1.54, 1.807) is 0 Å². The Labute approximate surface area is 133 Å². The van der Waals surface area contributed by atoms with Crippen molar-refractivity contribution in [3.8, 4) is 5.69 Å². The van der Waals surface area contributed by atoms with Gasteiger partial charge >= 0.3 is 0 Å². The molecule has 0 radical (unpaired) electrons. The topological polar surface area (TPSA) is 34.0 Å². The highest BCUT2D eigenvalue weighted by molar-refractivity contribution is 5.32. The zero-order chi connectivity index (χ0) is 15.2. The number of unbranched alkanes of at least 4 members (excludes halogenated alkanes) is 1. The van der Waals surface area contributed by atoms with Gasteiger partial charge < -0.3 is 4.90 Å². The molecule has 3 rings (SSSR count). The van der Waals surface area contributed by atoms with Gasteiger partial charge in [0, 0.05) is 12.1 Å². The van der Waals surface area contributed by atoms with E-state index in [1.165, 1.54) is 45.3 Å². The third-order valence-electron chi connectivity index (χ3n) is 4.66. The van der Waals surface area contributed by atoms with Crippen molar-refractivity contribution >= 4 is 0 Å². The lowest BCUT2D eigenvalue weighted by Gasteiger charge is -2.31. The van der Waals surface area contributed by atoms with Gasteiger partial charge in [-0.1, -0.05) is 31.5 Å². The minimum absolute atomic E-state index is 0.740. The first-order valence-electron chi connectivity index (χ1n) is 8.53. The number of benzene rings is 1. The number of rotatable bonds is 6. The molecule has 4 nitrogen and oxygen atoms in total. The summed E-state index contributed by atoms with van der Waals surface area (Å²) in [5, 5.41) is 8.48. The van der Waals surface area contributed by atoms with Crippen molar-refractivity contribution in [3.05, 3.63) is 42.5 Å². The summed E-state index contributed by atoms with van der Waals surface area (Å²) >= 11 is 0. The monoisotopic (exact) mass is 298 g/mol. The Kier molecular flexibility index (Phi) is 5.22. The van der Waals surface area contributed by atoms with Crippen LogP contribution in [0.4, 0.5) is 0 Å². The van der Waals surface area contributed by atoms with E-state index in [4.69, 9.17) is 0 Å². The maximum Gasteiger partial charge on any atom is 0.137 e. The SMILES string of the molecule is CCCCN1CCC(Cc2nncn2-c2ccccc2)CC1. The van der Waals surface area contributed by atoms with E-state index in [2.05, 4.69) is 50.9 Å². The summed E-state index contributed by atoms with van der Waals surface area (Å²) in [6, 6.07) is 10.4. The largest absolute Gasteiger partial charge is 0.303 e. The number of para-hydroxylation sites is 1. The van der Waals surface area contributed by atoms with E-state index in [0.29, 0.717) is 0 Å². The van der Waals surface area contributed by atoms with Crippen molar-refractivity contribution in [2.24, 2.45) is 5.92 Å². The van der Waals surface area contributed by atoms with Gasteiger partial charge in [0.1, 0.15) is 12.2 Å². The van der Waals surface area contributed by atoms with Crippen LogP contribution in [0.5, 0.6) is 0 Å². The molecule has 0 amide bonds. The summed E-state index contributed by atoms with van der Waals surface area (Å²) in [4.78, 5) is 2.61. The first kappa shape index (κ1) is 15.2. The van der Waals surface area contributed by atoms with Gasteiger partial charge in [-0.3, -0.25) is 4.57 Å². The zero-order valence-electron chi connectivity index (χ0n) is 13.5. The first-order chi connectivity index (χ1) is 10.9. The molecule has 0 unspecified atom stereocenters. The zero-order valence-corrected chi connectivity index (χ0v) is 13.5. The third kappa shape index (κ3) is 3.74. The third-order valence-corrected chi connectivity index (χ3v) is 4.66. The fraction of sp³-hybridized carbons (Fsp3) is 0.556. The number of likely N-dealkylation sites (tertiary alicyclic amines) is 1. The molecular weight excluding hydrogens is 272 g/mol. The van der Waals surface area contributed by atoms with Crippen LogP contribution in [-0.2, 0) is 6.42 Å². The molecule has 1 aliphatic heterocycles. The lowest BCUT2D eigenvalue weighted by atomic mass is 9.93. The van der Waals surface area contributed by atoms with Crippen LogP contribution in [0.15, 0.2) is 36.7 Å². The van der Waals surface area contributed by atoms with Crippen LogP contribution in [0.2, 0.25) is 0 Å². The lowest BCUT2D eigenvalue weighted by Crippen LogP contribution is -2.35. The molecule has 1 aromatic carbocycles. The van der Waals surface area contributed by atoms with Crippen molar-refractivity contribution in [1.29, 1.82) is 0 Å². The molecule has 1 saturated heterocycles. The minimum Gasteiger partial charge on any atom is -0.303 e. The smallest absolute Gasteiger partial charge is 0.137 e. The first-order valence-corrected chi connectivity index (χ1v) is 8.53. The van der Waals surface area contributed by atoms with E-state index in [-0.39, 0.29) is 0 Å². The maximum absolute atomic E-state index is 4.35. The summed E-state index contributed by atoms with van der Waals surface area (Å²) in [6.45, 7) is 6.01. The van der Waals surface area contributed by atoms with Gasteiger partial charge in [-0.2, -0.15) is 0 Å². The van der Waals surface area contributed by atoms with Crippen molar-refractivity contribution in [2.45, 2.75) is 39.0 Å². The Morgan fingerprint density at radius 2 is 1.91 bits per heavy atom. The second-order valence-electron chi connectivity index (χ2n) is 6.30. The summed E-state index contributed by atoms with van der Waals surface area (Å²) < 4.78 is 2.13. The van der Waals surface area contributed by atoms with Crippen LogP contribution in [0.1, 0.15) is 38.4 Å². The van der Waals surface area contributed by atoms with Crippen molar-refractivity contribution < 1.29 is 0 Å². The lowest BCUT2D eigenvalue weighted by molar-refractivity contribution is 0.180. The molecule has 118 valence electrons. The molecular formula is C18H26N4. The molecule has 0 bridgehead atoms. The predicted molar refractivity (Wildman–Crippen MR) is 89.1 cm³/mol. The van der Waals surface area contributed by atoms with E-state index >= 15 is 0 Å². The molecule has 1 fully saturated rings. The van der Waals surface area contributed by atoms with Crippen LogP contribution in [-0.4, -0.2) is 39.3 Å². The quantitative estimate of drug-likeness (QED) is 0.820. The molecule has 0 N–H and O–H groups in total. The second-order valence-corrected chi connectivity index (χ2v) is 6.30. The van der Waals surface area contributed by atoms with Gasteiger partial charge in [-0.05, 0) is 56.9 Å². The molecule has 0 atom stereocenters. The minimum atomic E-state index is 0.740. The Morgan fingerprint density at radius 1 is 1.14 bits per heavy atom. The number of nitrogens with zero attached hydrogens (tertiary/aromatic N) is 4. The van der Waals surface area contributed by atoms with Gasteiger partial charge in [0.05, 0.1) is 0 Å². The van der Waals surface area contributed by atoms with Crippen molar-refractivity contribution in [1.82, 2.24) is 19.7 Å². The summed E-state index contributed by atoms with van der Waals surface area (Å²) in [5.74, 6) is 1.84. The van der Waals surface area contributed by atoms with Crippen LogP contribution in [0, 0.1) is 5.92 Å². The molecule has 0 saturated carbocycles. The average Bonchev–Trinajstić information content (AvgIpc) is 3.03. The Balaban J connectivity index is 1.58. The van der Waals surface area contributed by atoms with Crippen molar-refractivity contribution in [2.75, 3.05) is 19.6 Å². The van der Waals surface area contributed by atoms with Crippen LogP contribution < -0.4 is 0 Å². The maximum atomic E-state index is 4.35. The fourth-order valence-electron chi connectivity index (χ4n) is 3.26. The Bertz CT molecular complexity index is 555. The van der Waals surface area contributed by atoms with Gasteiger partial charge in [0.15, 0.2) is 0 Å². The molecule has 0 aliphatic carbocycles. The molecule has 0 spiro atoms. The highest BCUT2D eigenvalue weighted by Gasteiger charge is 2.21. The number of aromatic nitrogens is 3. The second kappa shape index (κ2) is 7.54. The number of piperidine rings is 1. The molecule has 1 aromatic heterocycles. The van der Waals surface area contributed by atoms with E-state index < -0.39 is 0 Å². The Morgan fingerprint density at radius 3 is 2.64 bits per heavy atom. The number of hydrogen-bond donors (Lipinski definition) is 0. The van der Waals surface area contributed by atoms with Crippen LogP contribution in [0.25, 0.3) is 5.69 Å². The molecule has 1 aliphatic rings. The standard InChI is InChI=1S/C18H26N4/c1-2-3-11-21-12-9-16(10-13-21)14-18-20-19-15-22(18)17-7-5-4-6-8-17/h4-8,15-16H,2-3,9-14H2,1H3. The predicted octanol–water partition coefficient (Wildman–Crippen LogP) is 3.32. The summed E-state index contributed by atoms with van der Waals surface area (Å²) in [6.07, 6.45) is 8.06. The number of hydrogen-bond acceptors (Lipinski definition) is 3. The van der Waals surface area contributed by atoms with Gasteiger partial charge in [-0.15, -0.1) is 10.2 Å². The molecule has 2 heterocycles. The summed E-state index contributed by atoms with van der Waals surface area (Å²) in [7, 11) is 0. The van der Waals surface area contributed by atoms with E-state index in [9.17, 15) is 0 Å². The molecule has 22 heavy (non-hydrogen) atoms. The highest BCUT2D eigenvalue weighted by Crippen LogP contribution is 2.22. The van der Waals surface area contributed by atoms with Gasteiger partial charge in [0.25, 0.3) is 0 Å². The van der Waals surface area contributed by atoms with Crippen LogP contribution in [0.3, 0.4) is 0 Å². The summed E-state index contributed by atoms with van der Waals surface area (Å²) in [5.41, 5.74) is 1.16. The van der Waals surface area contributed by atoms with Crippen molar-refractivity contribution in [3.63, 3.8) is 0 Å². The molecule has 2 aromatic rings. The average molecular weight is 298 g/mol. The Hall–Kier alpha value is -1.68. The van der Waals surface area contributed by atoms with E-state index in [1.807, 2.05) is 12.4 Å². The highest BCUT2D eigenvalue weighted by atomic mass is 15.3. The van der Waals surface area contributed by atoms with Crippen LogP contribution >= 0.6 is 0 Å².